The first kappa shape index (κ1) is 17.8. The number of carbonyl (C=O) groups excluding carboxylic acids is 1. The Morgan fingerprint density at radius 3 is 2.79 bits per heavy atom. The number of nitrogens with zero attached hydrogens (tertiary/aromatic N) is 4. The molecule has 1 amide bonds. The van der Waals surface area contributed by atoms with Crippen molar-refractivity contribution in [3.63, 3.8) is 0 Å². The highest BCUT2D eigenvalue weighted by molar-refractivity contribution is 6.07. The van der Waals surface area contributed by atoms with Crippen molar-refractivity contribution in [2.45, 2.75) is 20.4 Å². The van der Waals surface area contributed by atoms with Gasteiger partial charge < -0.3 is 9.84 Å². The molecule has 28 heavy (non-hydrogen) atoms. The molecule has 8 heteroatoms. The molecule has 0 aliphatic carbocycles. The van der Waals surface area contributed by atoms with Crippen LogP contribution in [0.15, 0.2) is 41.1 Å². The van der Waals surface area contributed by atoms with Crippen molar-refractivity contribution >= 4 is 17.0 Å². The minimum Gasteiger partial charge on any atom is -0.348 e. The Morgan fingerprint density at radius 2 is 2.07 bits per heavy atom. The normalized spacial score (nSPS) is 11.1. The summed E-state index contributed by atoms with van der Waals surface area (Å²) in [5.41, 5.74) is 3.56. The maximum Gasteiger partial charge on any atom is 0.259 e. The molecule has 0 aliphatic rings. The fourth-order valence-electron chi connectivity index (χ4n) is 3.07. The Bertz CT molecular complexity index is 1190. The van der Waals surface area contributed by atoms with Crippen LogP contribution in [0.25, 0.3) is 22.4 Å². The van der Waals surface area contributed by atoms with Gasteiger partial charge in [0.2, 0.25) is 0 Å². The molecule has 0 fully saturated rings. The third kappa shape index (κ3) is 3.02. The number of carbonyl (C=O) groups is 1. The molecule has 0 saturated carbocycles. The van der Waals surface area contributed by atoms with Crippen LogP contribution in [0.1, 0.15) is 27.3 Å². The number of halogens is 1. The number of aryl methyl sites for hydroxylation is 2. The lowest BCUT2D eigenvalue weighted by atomic mass is 10.0. The first-order valence-corrected chi connectivity index (χ1v) is 8.73. The summed E-state index contributed by atoms with van der Waals surface area (Å²) >= 11 is 0. The van der Waals surface area contributed by atoms with Crippen LogP contribution in [0.4, 0.5) is 4.39 Å². The maximum absolute atomic E-state index is 14.2. The van der Waals surface area contributed by atoms with Gasteiger partial charge >= 0.3 is 0 Å². The van der Waals surface area contributed by atoms with Crippen molar-refractivity contribution in [1.82, 2.24) is 25.2 Å². The molecule has 0 aliphatic heterocycles. The van der Waals surface area contributed by atoms with E-state index in [1.807, 2.05) is 14.0 Å². The summed E-state index contributed by atoms with van der Waals surface area (Å²) in [5.74, 6) is -0.748. The van der Waals surface area contributed by atoms with Crippen LogP contribution in [0.3, 0.4) is 0 Å². The molecule has 142 valence electrons. The average Bonchev–Trinajstić information content (AvgIpc) is 3.22. The highest BCUT2D eigenvalue weighted by Crippen LogP contribution is 2.28. The van der Waals surface area contributed by atoms with Crippen LogP contribution in [0.2, 0.25) is 0 Å². The number of hydrogen-bond acceptors (Lipinski definition) is 5. The first-order valence-electron chi connectivity index (χ1n) is 8.73. The fourth-order valence-corrected chi connectivity index (χ4v) is 3.07. The molecule has 7 nitrogen and oxygen atoms in total. The van der Waals surface area contributed by atoms with Gasteiger partial charge in [-0.2, -0.15) is 5.10 Å². The monoisotopic (exact) mass is 379 g/mol. The van der Waals surface area contributed by atoms with E-state index in [-0.39, 0.29) is 17.2 Å². The molecule has 3 heterocycles. The molecule has 0 atom stereocenters. The number of benzene rings is 1. The Morgan fingerprint density at radius 1 is 1.29 bits per heavy atom. The zero-order valence-electron chi connectivity index (χ0n) is 15.7. The minimum absolute atomic E-state index is 0.195. The molecule has 0 bridgehead atoms. The highest BCUT2D eigenvalue weighted by atomic mass is 19.1. The number of nitrogens with one attached hydrogen (secondary N) is 1. The van der Waals surface area contributed by atoms with E-state index in [1.54, 1.807) is 42.1 Å². The summed E-state index contributed by atoms with van der Waals surface area (Å²) < 4.78 is 21.2. The maximum atomic E-state index is 14.2. The summed E-state index contributed by atoms with van der Waals surface area (Å²) in [4.78, 5) is 17.3. The first-order chi connectivity index (χ1) is 13.5. The van der Waals surface area contributed by atoms with Gasteiger partial charge in [-0.05, 0) is 32.0 Å². The lowest BCUT2D eigenvalue weighted by Crippen LogP contribution is -2.23. The van der Waals surface area contributed by atoms with E-state index in [2.05, 4.69) is 20.6 Å². The SMILES string of the molecule is Cc1noc2nc(-c3ccccc3F)cc(C(=O)NCc3cnn(C)c3C)c12. The predicted molar refractivity (Wildman–Crippen MR) is 101 cm³/mol. The van der Waals surface area contributed by atoms with Crippen LogP contribution in [-0.2, 0) is 13.6 Å². The van der Waals surface area contributed by atoms with Gasteiger partial charge in [-0.25, -0.2) is 9.37 Å². The number of rotatable bonds is 4. The topological polar surface area (TPSA) is 85.8 Å². The summed E-state index contributed by atoms with van der Waals surface area (Å²) in [7, 11) is 1.84. The average molecular weight is 379 g/mol. The summed E-state index contributed by atoms with van der Waals surface area (Å²) in [6.07, 6.45) is 1.72. The van der Waals surface area contributed by atoms with Gasteiger partial charge in [0.05, 0.1) is 28.5 Å². The third-order valence-corrected chi connectivity index (χ3v) is 4.79. The lowest BCUT2D eigenvalue weighted by molar-refractivity contribution is 0.0952. The lowest BCUT2D eigenvalue weighted by Gasteiger charge is -2.09. The molecule has 1 N–H and O–H groups in total. The van der Waals surface area contributed by atoms with E-state index in [0.29, 0.717) is 28.9 Å². The van der Waals surface area contributed by atoms with Crippen LogP contribution in [-0.4, -0.2) is 25.8 Å². The Kier molecular flexibility index (Phi) is 4.38. The molecule has 4 rings (SSSR count). The molecule has 0 spiro atoms. The Labute approximate surface area is 160 Å². The standard InChI is InChI=1S/C20H18FN5O2/c1-11-18-15(19(27)22-9-13-10-23-26(3)12(13)2)8-17(24-20(18)28-25-11)14-6-4-5-7-16(14)21/h4-8,10H,9H2,1-3H3,(H,22,27). The molecule has 1 aromatic carbocycles. The number of hydrogen-bond donors (Lipinski definition) is 1. The van der Waals surface area contributed by atoms with E-state index in [0.717, 1.165) is 11.3 Å². The molecule has 3 aromatic heterocycles. The van der Waals surface area contributed by atoms with Gasteiger partial charge in [0.15, 0.2) is 0 Å². The predicted octanol–water partition coefficient (Wildman–Crippen LogP) is 3.31. The van der Waals surface area contributed by atoms with Gasteiger partial charge in [0, 0.05) is 30.4 Å². The number of fused-ring (bicyclic) bond motifs is 1. The fraction of sp³-hybridized carbons (Fsp3) is 0.200. The second kappa shape index (κ2) is 6.88. The molecule has 0 saturated heterocycles. The molecular formula is C20H18FN5O2. The minimum atomic E-state index is -0.428. The summed E-state index contributed by atoms with van der Waals surface area (Å²) in [6, 6.07) is 7.82. The second-order valence-electron chi connectivity index (χ2n) is 6.54. The van der Waals surface area contributed by atoms with Gasteiger partial charge in [0.25, 0.3) is 11.6 Å². The van der Waals surface area contributed by atoms with E-state index in [9.17, 15) is 9.18 Å². The second-order valence-corrected chi connectivity index (χ2v) is 6.54. The van der Waals surface area contributed by atoms with Gasteiger partial charge in [-0.1, -0.05) is 17.3 Å². The highest BCUT2D eigenvalue weighted by Gasteiger charge is 2.20. The molecular weight excluding hydrogens is 361 g/mol. The van der Waals surface area contributed by atoms with Gasteiger partial charge in [-0.3, -0.25) is 9.48 Å². The quantitative estimate of drug-likeness (QED) is 0.588. The van der Waals surface area contributed by atoms with Crippen molar-refractivity contribution in [1.29, 1.82) is 0 Å². The van der Waals surface area contributed by atoms with Crippen molar-refractivity contribution in [2.24, 2.45) is 7.05 Å². The summed E-state index contributed by atoms with van der Waals surface area (Å²) in [5, 5.41) is 11.5. The van der Waals surface area contributed by atoms with Crippen molar-refractivity contribution in [3.8, 4) is 11.3 Å². The van der Waals surface area contributed by atoms with E-state index in [1.165, 1.54) is 6.07 Å². The van der Waals surface area contributed by atoms with Crippen molar-refractivity contribution in [2.75, 3.05) is 0 Å². The zero-order chi connectivity index (χ0) is 19.8. The third-order valence-electron chi connectivity index (χ3n) is 4.79. The van der Waals surface area contributed by atoms with Crippen LogP contribution >= 0.6 is 0 Å². The van der Waals surface area contributed by atoms with E-state index >= 15 is 0 Å². The Balaban J connectivity index is 1.74. The number of pyridine rings is 1. The van der Waals surface area contributed by atoms with Crippen molar-refractivity contribution in [3.05, 3.63) is 64.9 Å². The molecule has 4 aromatic rings. The zero-order valence-corrected chi connectivity index (χ0v) is 15.7. The number of amides is 1. The van der Waals surface area contributed by atoms with Crippen molar-refractivity contribution < 1.29 is 13.7 Å². The van der Waals surface area contributed by atoms with E-state index in [4.69, 9.17) is 4.52 Å². The molecule has 0 radical (unpaired) electrons. The molecule has 0 unspecified atom stereocenters. The van der Waals surface area contributed by atoms with Crippen LogP contribution < -0.4 is 5.32 Å². The van der Waals surface area contributed by atoms with Gasteiger partial charge in [-0.15, -0.1) is 0 Å². The number of aromatic nitrogens is 4. The van der Waals surface area contributed by atoms with E-state index < -0.39 is 5.82 Å². The van der Waals surface area contributed by atoms with Gasteiger partial charge in [0.1, 0.15) is 5.82 Å². The van der Waals surface area contributed by atoms with Crippen LogP contribution in [0, 0.1) is 19.7 Å². The smallest absolute Gasteiger partial charge is 0.259 e. The largest absolute Gasteiger partial charge is 0.348 e. The van der Waals surface area contributed by atoms with Crippen LogP contribution in [0.5, 0.6) is 0 Å². The Hall–Kier alpha value is -3.55. The summed E-state index contributed by atoms with van der Waals surface area (Å²) in [6.45, 7) is 3.99.